The van der Waals surface area contributed by atoms with Crippen molar-refractivity contribution in [2.45, 2.75) is 5.16 Å². The molecule has 6 nitrogen and oxygen atoms in total. The number of aromatic carboxylic acids is 1. The number of carbonyl (C=O) groups is 1. The number of thiophene rings is 1. The Hall–Kier alpha value is -1.38. The summed E-state index contributed by atoms with van der Waals surface area (Å²) in [5.74, 6) is -0.758. The standard InChI is InChI=1S/C9H8N2O4S2/c1-15-3-17-9-10-6(12)5-4(8(13)14)2-16-7(5)11-9/h2H,3H2,1H3,(H,13,14)(H,10,11,12). The molecule has 2 aromatic rings. The Kier molecular flexibility index (Phi) is 3.46. The summed E-state index contributed by atoms with van der Waals surface area (Å²) in [6.45, 7) is 0. The van der Waals surface area contributed by atoms with Gasteiger partial charge < -0.3 is 14.8 Å². The molecule has 0 aromatic carbocycles. The van der Waals surface area contributed by atoms with Gasteiger partial charge in [-0.1, -0.05) is 11.8 Å². The lowest BCUT2D eigenvalue weighted by atomic mass is 10.2. The van der Waals surface area contributed by atoms with Crippen LogP contribution in [0.1, 0.15) is 10.4 Å². The van der Waals surface area contributed by atoms with Crippen molar-refractivity contribution >= 4 is 39.3 Å². The molecule has 2 rings (SSSR count). The summed E-state index contributed by atoms with van der Waals surface area (Å²) < 4.78 is 4.85. The van der Waals surface area contributed by atoms with Crippen LogP contribution in [0.4, 0.5) is 0 Å². The number of carboxylic acid groups (broad SMARTS) is 1. The first-order valence-electron chi connectivity index (χ1n) is 4.50. The maximum atomic E-state index is 11.7. The van der Waals surface area contributed by atoms with Crippen LogP contribution in [0.5, 0.6) is 0 Å². The monoisotopic (exact) mass is 272 g/mol. The van der Waals surface area contributed by atoms with Gasteiger partial charge in [-0.3, -0.25) is 4.79 Å². The molecule has 0 aliphatic rings. The minimum absolute atomic E-state index is 0.0120. The van der Waals surface area contributed by atoms with Gasteiger partial charge in [-0.25, -0.2) is 9.78 Å². The largest absolute Gasteiger partial charge is 0.478 e. The fraction of sp³-hybridized carbons (Fsp3) is 0.222. The summed E-state index contributed by atoms with van der Waals surface area (Å²) in [5.41, 5.74) is -0.450. The lowest BCUT2D eigenvalue weighted by molar-refractivity contribution is 0.0699. The van der Waals surface area contributed by atoms with E-state index in [2.05, 4.69) is 9.97 Å². The minimum atomic E-state index is -1.12. The van der Waals surface area contributed by atoms with Crippen molar-refractivity contribution in [2.75, 3.05) is 13.0 Å². The number of aromatic amines is 1. The highest BCUT2D eigenvalue weighted by Gasteiger charge is 2.16. The second-order valence-electron chi connectivity index (χ2n) is 3.06. The number of thioether (sulfide) groups is 1. The maximum Gasteiger partial charge on any atom is 0.337 e. The molecular weight excluding hydrogens is 264 g/mol. The summed E-state index contributed by atoms with van der Waals surface area (Å²) in [5, 5.41) is 10.9. The van der Waals surface area contributed by atoms with E-state index in [1.165, 1.54) is 24.3 Å². The molecule has 0 saturated carbocycles. The predicted octanol–water partition coefficient (Wildman–Crippen LogP) is 1.38. The van der Waals surface area contributed by atoms with Crippen molar-refractivity contribution in [3.05, 3.63) is 21.3 Å². The van der Waals surface area contributed by atoms with Gasteiger partial charge in [0.1, 0.15) is 4.83 Å². The summed E-state index contributed by atoms with van der Waals surface area (Å²) >= 11 is 2.38. The van der Waals surface area contributed by atoms with E-state index in [0.717, 1.165) is 11.3 Å². The number of methoxy groups -OCH3 is 1. The molecule has 17 heavy (non-hydrogen) atoms. The van der Waals surface area contributed by atoms with Gasteiger partial charge in [-0.2, -0.15) is 0 Å². The Labute approximate surface area is 104 Å². The van der Waals surface area contributed by atoms with Gasteiger partial charge in [0, 0.05) is 12.5 Å². The summed E-state index contributed by atoms with van der Waals surface area (Å²) in [4.78, 5) is 29.7. The van der Waals surface area contributed by atoms with Crippen molar-refractivity contribution in [3.63, 3.8) is 0 Å². The number of nitrogens with one attached hydrogen (secondary N) is 1. The van der Waals surface area contributed by atoms with E-state index in [1.807, 2.05) is 0 Å². The van der Waals surface area contributed by atoms with Crippen molar-refractivity contribution in [1.82, 2.24) is 9.97 Å². The number of rotatable bonds is 4. The number of hydrogen-bond donors (Lipinski definition) is 2. The Balaban J connectivity index is 2.54. The van der Waals surface area contributed by atoms with Crippen LogP contribution in [0.15, 0.2) is 15.3 Å². The van der Waals surface area contributed by atoms with Crippen molar-refractivity contribution < 1.29 is 14.6 Å². The van der Waals surface area contributed by atoms with Crippen LogP contribution in [0.3, 0.4) is 0 Å². The molecule has 0 unspecified atom stereocenters. The van der Waals surface area contributed by atoms with Crippen LogP contribution >= 0.6 is 23.1 Å². The van der Waals surface area contributed by atoms with Gasteiger partial charge >= 0.3 is 5.97 Å². The van der Waals surface area contributed by atoms with Gasteiger partial charge in [-0.05, 0) is 0 Å². The second-order valence-corrected chi connectivity index (χ2v) is 4.83. The third-order valence-electron chi connectivity index (χ3n) is 1.97. The third kappa shape index (κ3) is 2.33. The van der Waals surface area contributed by atoms with Gasteiger partial charge in [-0.15, -0.1) is 11.3 Å². The molecule has 0 atom stereocenters. The highest BCUT2D eigenvalue weighted by molar-refractivity contribution is 7.99. The summed E-state index contributed by atoms with van der Waals surface area (Å²) in [6.07, 6.45) is 0. The first kappa shape index (κ1) is 12.1. The second kappa shape index (κ2) is 4.86. The van der Waals surface area contributed by atoms with Gasteiger partial charge in [0.05, 0.1) is 16.9 Å². The van der Waals surface area contributed by atoms with Crippen LogP contribution in [-0.2, 0) is 4.74 Å². The summed E-state index contributed by atoms with van der Waals surface area (Å²) in [6, 6.07) is 0. The SMILES string of the molecule is COCSc1nc2scc(C(=O)O)c2c(=O)[nH]1. The number of H-pyrrole nitrogens is 1. The molecule has 2 N–H and O–H groups in total. The van der Waals surface area contributed by atoms with Crippen LogP contribution in [-0.4, -0.2) is 34.1 Å². The number of nitrogens with zero attached hydrogens (tertiary/aromatic N) is 1. The molecule has 0 saturated heterocycles. The molecule has 0 spiro atoms. The number of hydrogen-bond acceptors (Lipinski definition) is 6. The number of carboxylic acids is 1. The normalized spacial score (nSPS) is 10.9. The zero-order chi connectivity index (χ0) is 12.4. The Morgan fingerprint density at radius 3 is 3.12 bits per heavy atom. The van der Waals surface area contributed by atoms with E-state index >= 15 is 0 Å². The quantitative estimate of drug-likeness (QED) is 0.496. The van der Waals surface area contributed by atoms with Crippen molar-refractivity contribution in [2.24, 2.45) is 0 Å². The molecule has 0 aliphatic heterocycles. The number of fused-ring (bicyclic) bond motifs is 1. The first-order chi connectivity index (χ1) is 8.13. The highest BCUT2D eigenvalue weighted by Crippen LogP contribution is 2.23. The summed E-state index contributed by atoms with van der Waals surface area (Å²) in [7, 11) is 1.54. The molecular formula is C9H8N2O4S2. The van der Waals surface area contributed by atoms with E-state index in [1.54, 1.807) is 0 Å². The maximum absolute atomic E-state index is 11.7. The lowest BCUT2D eigenvalue weighted by Gasteiger charge is -1.99. The molecule has 2 heterocycles. The molecule has 0 radical (unpaired) electrons. The predicted molar refractivity (Wildman–Crippen MR) is 64.9 cm³/mol. The Morgan fingerprint density at radius 1 is 1.71 bits per heavy atom. The molecule has 90 valence electrons. The molecule has 0 aliphatic carbocycles. The fourth-order valence-corrected chi connectivity index (χ4v) is 2.79. The zero-order valence-electron chi connectivity index (χ0n) is 8.72. The van der Waals surface area contributed by atoms with Crippen LogP contribution < -0.4 is 5.56 Å². The molecule has 0 amide bonds. The smallest absolute Gasteiger partial charge is 0.337 e. The van der Waals surface area contributed by atoms with Crippen molar-refractivity contribution in [3.8, 4) is 0 Å². The van der Waals surface area contributed by atoms with Crippen LogP contribution in [0.25, 0.3) is 10.2 Å². The molecule has 0 bridgehead atoms. The highest BCUT2D eigenvalue weighted by atomic mass is 32.2. The molecule has 2 aromatic heterocycles. The zero-order valence-corrected chi connectivity index (χ0v) is 10.4. The van der Waals surface area contributed by atoms with Crippen molar-refractivity contribution in [1.29, 1.82) is 0 Å². The molecule has 0 fully saturated rings. The van der Waals surface area contributed by atoms with E-state index < -0.39 is 11.5 Å². The van der Waals surface area contributed by atoms with Crippen LogP contribution in [0.2, 0.25) is 0 Å². The number of aromatic nitrogens is 2. The van der Waals surface area contributed by atoms with Gasteiger partial charge in [0.2, 0.25) is 0 Å². The topological polar surface area (TPSA) is 92.3 Å². The molecule has 8 heteroatoms. The van der Waals surface area contributed by atoms with E-state index in [4.69, 9.17) is 9.84 Å². The lowest BCUT2D eigenvalue weighted by Crippen LogP contribution is -2.11. The van der Waals surface area contributed by atoms with E-state index in [9.17, 15) is 9.59 Å². The van der Waals surface area contributed by atoms with E-state index in [0.29, 0.717) is 15.9 Å². The van der Waals surface area contributed by atoms with Gasteiger partial charge in [0.25, 0.3) is 5.56 Å². The minimum Gasteiger partial charge on any atom is -0.478 e. The Morgan fingerprint density at radius 2 is 2.47 bits per heavy atom. The number of ether oxygens (including phenoxy) is 1. The van der Waals surface area contributed by atoms with E-state index in [-0.39, 0.29) is 10.9 Å². The van der Waals surface area contributed by atoms with Gasteiger partial charge in [0.15, 0.2) is 5.16 Å². The van der Waals surface area contributed by atoms with Crippen LogP contribution in [0, 0.1) is 0 Å². The Bertz CT molecular complexity index is 619. The third-order valence-corrected chi connectivity index (χ3v) is 3.66. The average Bonchev–Trinajstić information content (AvgIpc) is 2.70. The average molecular weight is 272 g/mol. The fourth-order valence-electron chi connectivity index (χ4n) is 1.27. The first-order valence-corrected chi connectivity index (χ1v) is 6.36.